The van der Waals surface area contributed by atoms with Crippen molar-refractivity contribution >= 4 is 28.2 Å². The standard InChI is InChI=1S/C24H31BO6S/c1-18-8-14-22(15-9-18)32(27,28)17-20(26)7-6-16-29-21-12-10-19(11-13-21)25-30-23(2,3)24(4,5)31-25/h8-15H,6-7,16-17H2,1-5H3. The second kappa shape index (κ2) is 9.37. The highest BCUT2D eigenvalue weighted by Crippen LogP contribution is 2.36. The first-order chi connectivity index (χ1) is 14.9. The largest absolute Gasteiger partial charge is 0.494 e. The van der Waals surface area contributed by atoms with Crippen LogP contribution in [0.15, 0.2) is 53.4 Å². The summed E-state index contributed by atoms with van der Waals surface area (Å²) < 4.78 is 42.5. The highest BCUT2D eigenvalue weighted by Gasteiger charge is 2.51. The van der Waals surface area contributed by atoms with E-state index in [1.54, 1.807) is 12.1 Å². The van der Waals surface area contributed by atoms with Crippen LogP contribution in [-0.4, -0.2) is 44.9 Å². The van der Waals surface area contributed by atoms with Gasteiger partial charge in [0.1, 0.15) is 17.3 Å². The molecule has 0 unspecified atom stereocenters. The van der Waals surface area contributed by atoms with Gasteiger partial charge in [-0.15, -0.1) is 0 Å². The van der Waals surface area contributed by atoms with Gasteiger partial charge in [-0.05, 0) is 70.8 Å². The highest BCUT2D eigenvalue weighted by atomic mass is 32.2. The third kappa shape index (κ3) is 5.79. The summed E-state index contributed by atoms with van der Waals surface area (Å²) in [6, 6.07) is 14.0. The van der Waals surface area contributed by atoms with Gasteiger partial charge in [-0.3, -0.25) is 4.79 Å². The van der Waals surface area contributed by atoms with Crippen molar-refractivity contribution in [2.45, 2.75) is 63.6 Å². The molecular formula is C24H31BO6S. The number of hydrogen-bond donors (Lipinski definition) is 0. The van der Waals surface area contributed by atoms with Crippen LogP contribution in [0, 0.1) is 6.92 Å². The fourth-order valence-corrected chi connectivity index (χ4v) is 4.56. The molecule has 1 fully saturated rings. The molecule has 2 aromatic carbocycles. The Morgan fingerprint density at radius 1 is 0.938 bits per heavy atom. The van der Waals surface area contributed by atoms with Crippen LogP contribution in [0.2, 0.25) is 0 Å². The van der Waals surface area contributed by atoms with Gasteiger partial charge >= 0.3 is 7.12 Å². The van der Waals surface area contributed by atoms with Gasteiger partial charge in [0.05, 0.1) is 22.7 Å². The van der Waals surface area contributed by atoms with Gasteiger partial charge in [-0.2, -0.15) is 0 Å². The highest BCUT2D eigenvalue weighted by molar-refractivity contribution is 7.92. The van der Waals surface area contributed by atoms with Crippen molar-refractivity contribution in [1.29, 1.82) is 0 Å². The Morgan fingerprint density at radius 2 is 1.50 bits per heavy atom. The van der Waals surface area contributed by atoms with Crippen molar-refractivity contribution in [2.75, 3.05) is 12.4 Å². The van der Waals surface area contributed by atoms with E-state index >= 15 is 0 Å². The zero-order chi connectivity index (χ0) is 23.6. The maximum atomic E-state index is 12.4. The molecule has 0 radical (unpaired) electrons. The van der Waals surface area contributed by atoms with Gasteiger partial charge in [-0.1, -0.05) is 29.8 Å². The summed E-state index contributed by atoms with van der Waals surface area (Å²) in [6.07, 6.45) is 0.596. The van der Waals surface area contributed by atoms with E-state index in [0.29, 0.717) is 18.8 Å². The number of aryl methyl sites for hydroxylation is 1. The van der Waals surface area contributed by atoms with Crippen LogP contribution >= 0.6 is 0 Å². The molecule has 1 saturated heterocycles. The SMILES string of the molecule is Cc1ccc(S(=O)(=O)CC(=O)CCCOc2ccc(B3OC(C)(C)C(C)(C)O3)cc2)cc1. The Hall–Kier alpha value is -2.16. The maximum Gasteiger partial charge on any atom is 0.494 e. The summed E-state index contributed by atoms with van der Waals surface area (Å²) in [6.45, 7) is 10.3. The molecule has 1 aliphatic heterocycles. The zero-order valence-corrected chi connectivity index (χ0v) is 20.2. The first-order valence-electron chi connectivity index (χ1n) is 10.8. The summed E-state index contributed by atoms with van der Waals surface area (Å²) in [5, 5.41) is 0. The first-order valence-corrected chi connectivity index (χ1v) is 12.4. The Balaban J connectivity index is 1.44. The minimum atomic E-state index is -3.61. The van der Waals surface area contributed by atoms with E-state index in [9.17, 15) is 13.2 Å². The van der Waals surface area contributed by atoms with E-state index in [-0.39, 0.29) is 17.1 Å². The predicted molar refractivity (Wildman–Crippen MR) is 125 cm³/mol. The molecule has 0 aliphatic carbocycles. The number of carbonyl (C=O) groups excluding carboxylic acids is 1. The van der Waals surface area contributed by atoms with E-state index < -0.39 is 33.9 Å². The second-order valence-corrected chi connectivity index (χ2v) is 11.2. The molecule has 0 saturated carbocycles. The second-order valence-electron chi connectivity index (χ2n) is 9.22. The van der Waals surface area contributed by atoms with Gasteiger partial charge < -0.3 is 14.0 Å². The van der Waals surface area contributed by atoms with Crippen LogP contribution < -0.4 is 10.2 Å². The Kier molecular flexibility index (Phi) is 7.17. The number of benzene rings is 2. The molecule has 0 atom stereocenters. The zero-order valence-electron chi connectivity index (χ0n) is 19.4. The monoisotopic (exact) mass is 458 g/mol. The van der Waals surface area contributed by atoms with E-state index in [4.69, 9.17) is 14.0 Å². The fraction of sp³-hybridized carbons (Fsp3) is 0.458. The maximum absolute atomic E-state index is 12.4. The van der Waals surface area contributed by atoms with E-state index in [2.05, 4.69) is 0 Å². The van der Waals surface area contributed by atoms with Crippen LogP contribution in [0.1, 0.15) is 46.1 Å². The number of carbonyl (C=O) groups is 1. The molecule has 0 aromatic heterocycles. The molecule has 0 N–H and O–H groups in total. The molecule has 1 heterocycles. The minimum absolute atomic E-state index is 0.150. The number of Topliss-reactive ketones (excluding diaryl/α,β-unsaturated/α-hetero) is 1. The van der Waals surface area contributed by atoms with Gasteiger partial charge in [-0.25, -0.2) is 8.42 Å². The van der Waals surface area contributed by atoms with Gasteiger partial charge in [0.2, 0.25) is 0 Å². The molecule has 3 rings (SSSR count). The average Bonchev–Trinajstić information content (AvgIpc) is 2.93. The smallest absolute Gasteiger partial charge is 0.494 e. The molecule has 8 heteroatoms. The summed E-state index contributed by atoms with van der Waals surface area (Å²) in [5.41, 5.74) is 1.09. The Morgan fingerprint density at radius 3 is 2.06 bits per heavy atom. The third-order valence-corrected chi connectivity index (χ3v) is 7.70. The number of ketones is 1. The van der Waals surface area contributed by atoms with Crippen molar-refractivity contribution in [3.63, 3.8) is 0 Å². The minimum Gasteiger partial charge on any atom is -0.494 e. The quantitative estimate of drug-likeness (QED) is 0.423. The molecule has 0 bridgehead atoms. The summed E-state index contributed by atoms with van der Waals surface area (Å²) in [5.74, 6) is -0.131. The lowest BCUT2D eigenvalue weighted by Crippen LogP contribution is -2.41. The fourth-order valence-electron chi connectivity index (χ4n) is 3.27. The van der Waals surface area contributed by atoms with Crippen molar-refractivity contribution < 1.29 is 27.3 Å². The Labute approximate surface area is 191 Å². The number of hydrogen-bond acceptors (Lipinski definition) is 6. The molecule has 32 heavy (non-hydrogen) atoms. The lowest BCUT2D eigenvalue weighted by atomic mass is 9.79. The molecule has 2 aromatic rings. The lowest BCUT2D eigenvalue weighted by Gasteiger charge is -2.32. The van der Waals surface area contributed by atoms with Crippen molar-refractivity contribution in [3.8, 4) is 5.75 Å². The third-order valence-electron chi connectivity index (χ3n) is 6.01. The lowest BCUT2D eigenvalue weighted by molar-refractivity contribution is -0.116. The predicted octanol–water partition coefficient (Wildman–Crippen LogP) is 3.50. The normalized spacial score (nSPS) is 17.3. The topological polar surface area (TPSA) is 78.9 Å². The number of ether oxygens (including phenoxy) is 1. The number of sulfone groups is 1. The van der Waals surface area contributed by atoms with E-state index in [1.165, 1.54) is 12.1 Å². The molecule has 172 valence electrons. The van der Waals surface area contributed by atoms with Crippen molar-refractivity contribution in [2.24, 2.45) is 0 Å². The summed E-state index contributed by atoms with van der Waals surface area (Å²) in [7, 11) is -4.04. The average molecular weight is 458 g/mol. The summed E-state index contributed by atoms with van der Waals surface area (Å²) >= 11 is 0. The van der Waals surface area contributed by atoms with E-state index in [1.807, 2.05) is 58.9 Å². The molecule has 6 nitrogen and oxygen atoms in total. The first kappa shape index (κ1) is 24.5. The molecule has 0 spiro atoms. The van der Waals surface area contributed by atoms with Crippen LogP contribution in [0.25, 0.3) is 0 Å². The van der Waals surface area contributed by atoms with Gasteiger partial charge in [0, 0.05) is 6.42 Å². The van der Waals surface area contributed by atoms with Gasteiger partial charge in [0.25, 0.3) is 0 Å². The van der Waals surface area contributed by atoms with Crippen LogP contribution in [-0.2, 0) is 23.9 Å². The molecule has 0 amide bonds. The van der Waals surface area contributed by atoms with Crippen LogP contribution in [0.5, 0.6) is 5.75 Å². The van der Waals surface area contributed by atoms with E-state index in [0.717, 1.165) is 11.0 Å². The molecular weight excluding hydrogens is 427 g/mol. The Bertz CT molecular complexity index is 1030. The van der Waals surface area contributed by atoms with Crippen LogP contribution in [0.3, 0.4) is 0 Å². The van der Waals surface area contributed by atoms with Gasteiger partial charge in [0.15, 0.2) is 9.84 Å². The van der Waals surface area contributed by atoms with Crippen molar-refractivity contribution in [3.05, 3.63) is 54.1 Å². The van der Waals surface area contributed by atoms with Crippen LogP contribution in [0.4, 0.5) is 0 Å². The van der Waals surface area contributed by atoms with Crippen molar-refractivity contribution in [1.82, 2.24) is 0 Å². The number of rotatable bonds is 9. The summed E-state index contributed by atoms with van der Waals surface area (Å²) in [4.78, 5) is 12.3. The molecule has 1 aliphatic rings.